The largest absolute Gasteiger partial charge is 0.457 e. The van der Waals surface area contributed by atoms with E-state index in [9.17, 15) is 19.2 Å². The maximum Gasteiger partial charge on any atom is 0.304 e. The normalized spacial score (nSPS) is 29.5. The lowest BCUT2D eigenvalue weighted by molar-refractivity contribution is -0.256. The van der Waals surface area contributed by atoms with E-state index in [1.54, 1.807) is 0 Å². The molecule has 136 valence electrons. The fraction of sp³-hybridized carbons (Fsp3) is 0.714. The van der Waals surface area contributed by atoms with Crippen LogP contribution in [0.3, 0.4) is 0 Å². The Hall–Kier alpha value is -1.65. The van der Waals surface area contributed by atoms with Crippen LogP contribution in [0, 0.1) is 0 Å². The first kappa shape index (κ1) is 20.4. The van der Waals surface area contributed by atoms with Gasteiger partial charge in [-0.2, -0.15) is 0 Å². The molecule has 1 rings (SSSR count). The Labute approximate surface area is 143 Å². The van der Waals surface area contributed by atoms with E-state index in [0.717, 1.165) is 11.8 Å². The van der Waals surface area contributed by atoms with Gasteiger partial charge in [-0.3, -0.25) is 19.2 Å². The van der Waals surface area contributed by atoms with Crippen molar-refractivity contribution in [2.24, 2.45) is 5.73 Å². The van der Waals surface area contributed by atoms with E-state index < -0.39 is 48.6 Å². The SMILES string of the molecule is CC(=O)O[C@H]1O[C@H](CSC(C)=O)[C@H](OC(C)=O)[C@@H](OC(C)=O)[C@@H]1N. The molecule has 0 amide bonds. The van der Waals surface area contributed by atoms with E-state index in [2.05, 4.69) is 0 Å². The van der Waals surface area contributed by atoms with Crippen LogP contribution in [0.2, 0.25) is 0 Å². The molecule has 1 aliphatic heterocycles. The van der Waals surface area contributed by atoms with E-state index in [1.807, 2.05) is 0 Å². The molecule has 0 aliphatic carbocycles. The maximum absolute atomic E-state index is 11.4. The van der Waals surface area contributed by atoms with Crippen LogP contribution in [0.1, 0.15) is 27.7 Å². The molecule has 1 heterocycles. The molecule has 0 unspecified atom stereocenters. The Morgan fingerprint density at radius 3 is 1.88 bits per heavy atom. The third-order valence-electron chi connectivity index (χ3n) is 3.03. The molecule has 2 N–H and O–H groups in total. The van der Waals surface area contributed by atoms with Crippen LogP contribution in [0.5, 0.6) is 0 Å². The first-order valence-corrected chi connectivity index (χ1v) is 8.16. The Balaban J connectivity index is 3.08. The summed E-state index contributed by atoms with van der Waals surface area (Å²) < 4.78 is 20.9. The van der Waals surface area contributed by atoms with Gasteiger partial charge in [-0.25, -0.2) is 0 Å². The fourth-order valence-electron chi connectivity index (χ4n) is 2.20. The van der Waals surface area contributed by atoms with Crippen LogP contribution in [0.15, 0.2) is 0 Å². The molecule has 0 saturated carbocycles. The number of hydrogen-bond acceptors (Lipinski definition) is 10. The summed E-state index contributed by atoms with van der Waals surface area (Å²) >= 11 is 0.935. The highest BCUT2D eigenvalue weighted by molar-refractivity contribution is 8.13. The summed E-state index contributed by atoms with van der Waals surface area (Å²) in [6, 6.07) is -1.05. The number of rotatable bonds is 5. The molecule has 0 aromatic rings. The standard InChI is InChI=1S/C14H21NO8S/c1-6(16)20-12-10(5-24-9(4)19)23-14(22-8(3)18)11(15)13(12)21-7(2)17/h10-14H,5,15H2,1-4H3/t10-,11+,12+,13+,14+/m1/s1. The Bertz CT molecular complexity index is 495. The van der Waals surface area contributed by atoms with Gasteiger partial charge in [0, 0.05) is 33.4 Å². The number of thioether (sulfide) groups is 1. The zero-order chi connectivity index (χ0) is 18.4. The minimum absolute atomic E-state index is 0.107. The zero-order valence-corrected chi connectivity index (χ0v) is 14.7. The van der Waals surface area contributed by atoms with Crippen LogP contribution in [0.4, 0.5) is 0 Å². The lowest BCUT2D eigenvalue weighted by atomic mass is 9.97. The van der Waals surface area contributed by atoms with E-state index in [4.69, 9.17) is 24.7 Å². The molecule has 0 spiro atoms. The molecule has 1 fully saturated rings. The van der Waals surface area contributed by atoms with Gasteiger partial charge >= 0.3 is 17.9 Å². The van der Waals surface area contributed by atoms with E-state index in [-0.39, 0.29) is 10.9 Å². The van der Waals surface area contributed by atoms with Gasteiger partial charge in [-0.15, -0.1) is 0 Å². The van der Waals surface area contributed by atoms with Crippen LogP contribution in [-0.4, -0.2) is 59.4 Å². The van der Waals surface area contributed by atoms with Crippen LogP contribution in [0.25, 0.3) is 0 Å². The molecule has 24 heavy (non-hydrogen) atoms. The summed E-state index contributed by atoms with van der Waals surface area (Å²) in [4.78, 5) is 45.1. The van der Waals surface area contributed by atoms with Crippen molar-refractivity contribution >= 4 is 34.8 Å². The maximum atomic E-state index is 11.4. The predicted molar refractivity (Wildman–Crippen MR) is 82.6 cm³/mol. The van der Waals surface area contributed by atoms with Crippen molar-refractivity contribution in [3.05, 3.63) is 0 Å². The Morgan fingerprint density at radius 1 is 0.917 bits per heavy atom. The highest BCUT2D eigenvalue weighted by atomic mass is 32.2. The molecule has 1 saturated heterocycles. The average Bonchev–Trinajstić information content (AvgIpc) is 2.42. The number of carbonyl (C=O) groups excluding carboxylic acids is 4. The van der Waals surface area contributed by atoms with Gasteiger partial charge in [-0.1, -0.05) is 11.8 Å². The number of hydrogen-bond donors (Lipinski definition) is 1. The molecular formula is C14H21NO8S. The second-order valence-corrected chi connectivity index (χ2v) is 6.38. The lowest BCUT2D eigenvalue weighted by Crippen LogP contribution is -2.64. The quantitative estimate of drug-likeness (QED) is 0.515. The summed E-state index contributed by atoms with van der Waals surface area (Å²) in [5.74, 6) is -1.80. The molecule has 1 aliphatic rings. The number of ether oxygens (including phenoxy) is 4. The van der Waals surface area contributed by atoms with Gasteiger partial charge in [0.25, 0.3) is 0 Å². The number of carbonyl (C=O) groups is 4. The molecule has 0 aromatic heterocycles. The Morgan fingerprint density at radius 2 is 1.42 bits per heavy atom. The first-order valence-electron chi connectivity index (χ1n) is 7.18. The monoisotopic (exact) mass is 363 g/mol. The highest BCUT2D eigenvalue weighted by Gasteiger charge is 2.49. The summed E-state index contributed by atoms with van der Waals surface area (Å²) in [5, 5.41) is -0.178. The average molecular weight is 363 g/mol. The van der Waals surface area contributed by atoms with Crippen molar-refractivity contribution in [1.82, 2.24) is 0 Å². The van der Waals surface area contributed by atoms with E-state index >= 15 is 0 Å². The fourth-order valence-corrected chi connectivity index (χ4v) is 2.87. The van der Waals surface area contributed by atoms with Crippen molar-refractivity contribution < 1.29 is 38.1 Å². The summed E-state index contributed by atoms with van der Waals surface area (Å²) in [5.41, 5.74) is 5.96. The highest BCUT2D eigenvalue weighted by Crippen LogP contribution is 2.28. The van der Waals surface area contributed by atoms with Crippen molar-refractivity contribution in [3.8, 4) is 0 Å². The smallest absolute Gasteiger partial charge is 0.304 e. The van der Waals surface area contributed by atoms with Crippen LogP contribution in [-0.2, 0) is 38.1 Å². The van der Waals surface area contributed by atoms with Gasteiger partial charge in [0.2, 0.25) is 6.29 Å². The Kier molecular flexibility index (Phi) is 7.64. The van der Waals surface area contributed by atoms with E-state index in [0.29, 0.717) is 0 Å². The summed E-state index contributed by atoms with van der Waals surface area (Å²) in [6.45, 7) is 4.90. The second-order valence-electron chi connectivity index (χ2n) is 5.18. The number of esters is 3. The van der Waals surface area contributed by atoms with Crippen LogP contribution < -0.4 is 5.73 Å². The zero-order valence-electron chi connectivity index (χ0n) is 13.8. The molecule has 0 radical (unpaired) electrons. The molecule has 5 atom stereocenters. The molecular weight excluding hydrogens is 342 g/mol. The van der Waals surface area contributed by atoms with Gasteiger partial charge in [0.15, 0.2) is 17.3 Å². The predicted octanol–water partition coefficient (Wildman–Crippen LogP) is -0.255. The third kappa shape index (κ3) is 6.10. The molecule has 10 heteroatoms. The topological polar surface area (TPSA) is 131 Å². The molecule has 0 bridgehead atoms. The minimum Gasteiger partial charge on any atom is -0.457 e. The summed E-state index contributed by atoms with van der Waals surface area (Å²) in [7, 11) is 0. The van der Waals surface area contributed by atoms with Crippen molar-refractivity contribution in [2.75, 3.05) is 5.75 Å². The molecule has 0 aromatic carbocycles. The van der Waals surface area contributed by atoms with Gasteiger partial charge in [0.05, 0.1) is 0 Å². The first-order chi connectivity index (χ1) is 11.1. The van der Waals surface area contributed by atoms with Gasteiger partial charge < -0.3 is 24.7 Å². The van der Waals surface area contributed by atoms with Gasteiger partial charge in [-0.05, 0) is 0 Å². The van der Waals surface area contributed by atoms with Gasteiger partial charge in [0.1, 0.15) is 12.1 Å². The van der Waals surface area contributed by atoms with Crippen molar-refractivity contribution in [2.45, 2.75) is 58.3 Å². The van der Waals surface area contributed by atoms with Crippen molar-refractivity contribution in [3.63, 3.8) is 0 Å². The van der Waals surface area contributed by atoms with Crippen LogP contribution >= 0.6 is 11.8 Å². The lowest BCUT2D eigenvalue weighted by Gasteiger charge is -2.43. The number of nitrogens with two attached hydrogens (primary N) is 1. The third-order valence-corrected chi connectivity index (χ3v) is 3.93. The molecule has 9 nitrogen and oxygen atoms in total. The minimum atomic E-state index is -1.20. The summed E-state index contributed by atoms with van der Waals surface area (Å²) in [6.07, 6.45) is -4.16. The second kappa shape index (κ2) is 9.00. The van der Waals surface area contributed by atoms with E-state index in [1.165, 1.54) is 27.7 Å². The van der Waals surface area contributed by atoms with Crippen molar-refractivity contribution in [1.29, 1.82) is 0 Å².